The van der Waals surface area contributed by atoms with Gasteiger partial charge in [0.05, 0.1) is 4.47 Å². The minimum atomic E-state index is 0.674. The van der Waals surface area contributed by atoms with Gasteiger partial charge >= 0.3 is 0 Å². The Morgan fingerprint density at radius 2 is 1.89 bits per heavy atom. The van der Waals surface area contributed by atoms with Gasteiger partial charge < -0.3 is 9.32 Å². The van der Waals surface area contributed by atoms with Gasteiger partial charge in [-0.15, -0.1) is 0 Å². The molecule has 0 unspecified atom stereocenters. The number of hydrogen-bond donors (Lipinski definition) is 0. The van der Waals surface area contributed by atoms with E-state index >= 15 is 0 Å². The zero-order valence-electron chi connectivity index (χ0n) is 10.3. The average Bonchev–Trinajstić information content (AvgIpc) is 2.84. The highest BCUT2D eigenvalue weighted by Gasteiger charge is 2.29. The van der Waals surface area contributed by atoms with E-state index in [-0.39, 0.29) is 0 Å². The zero-order chi connectivity index (χ0) is 13.0. The summed E-state index contributed by atoms with van der Waals surface area (Å²) in [6.45, 7) is 2.40. The fourth-order valence-corrected chi connectivity index (χ4v) is 4.46. The first-order chi connectivity index (χ1) is 9.20. The third-order valence-corrected chi connectivity index (χ3v) is 5.16. The minimum Gasteiger partial charge on any atom is -0.455 e. The molecule has 1 aromatic heterocycles. The van der Waals surface area contributed by atoms with Crippen LogP contribution in [0.15, 0.2) is 37.8 Å². The van der Waals surface area contributed by atoms with Gasteiger partial charge in [-0.25, -0.2) is 0 Å². The fraction of sp³-hybridized carbons (Fsp3) is 0.333. The van der Waals surface area contributed by atoms with E-state index in [4.69, 9.17) is 4.42 Å². The average molecular weight is 383 g/mol. The molecular formula is C15H13Br2NO. The number of benzene rings is 1. The van der Waals surface area contributed by atoms with Crippen molar-refractivity contribution in [1.82, 2.24) is 4.90 Å². The molecule has 1 aromatic carbocycles. The maximum Gasteiger partial charge on any atom is 0.149 e. The summed E-state index contributed by atoms with van der Waals surface area (Å²) in [7, 11) is 0. The molecule has 0 aliphatic carbocycles. The molecule has 1 fully saturated rings. The largest absolute Gasteiger partial charge is 0.455 e. The van der Waals surface area contributed by atoms with Crippen LogP contribution in [0.2, 0.25) is 0 Å². The quantitative estimate of drug-likeness (QED) is 0.688. The summed E-state index contributed by atoms with van der Waals surface area (Å²) in [5.74, 6) is 1.70. The topological polar surface area (TPSA) is 16.4 Å². The molecule has 2 bridgehead atoms. The van der Waals surface area contributed by atoms with Crippen molar-refractivity contribution in [2.75, 3.05) is 13.1 Å². The highest BCUT2D eigenvalue weighted by molar-refractivity contribution is 9.11. The Hall–Kier alpha value is -0.740. The molecule has 5 rings (SSSR count). The molecule has 98 valence electrons. The molecule has 4 heterocycles. The Labute approximate surface area is 128 Å². The van der Waals surface area contributed by atoms with Crippen molar-refractivity contribution in [3.63, 3.8) is 0 Å². The Bertz CT molecular complexity index is 681. The Balaban J connectivity index is 1.86. The van der Waals surface area contributed by atoms with Gasteiger partial charge in [0.2, 0.25) is 0 Å². The molecule has 19 heavy (non-hydrogen) atoms. The molecule has 0 N–H and O–H groups in total. The second kappa shape index (κ2) is 4.38. The zero-order valence-corrected chi connectivity index (χ0v) is 13.5. The van der Waals surface area contributed by atoms with Crippen LogP contribution in [0.1, 0.15) is 18.6 Å². The number of allylic oxidation sites excluding steroid dienone is 1. The lowest BCUT2D eigenvalue weighted by atomic mass is 9.84. The monoisotopic (exact) mass is 381 g/mol. The van der Waals surface area contributed by atoms with E-state index in [1.165, 1.54) is 31.5 Å². The van der Waals surface area contributed by atoms with Crippen LogP contribution >= 0.6 is 31.9 Å². The third-order valence-electron chi connectivity index (χ3n) is 4.11. The van der Waals surface area contributed by atoms with Crippen molar-refractivity contribution in [3.05, 3.63) is 39.1 Å². The van der Waals surface area contributed by atoms with Crippen molar-refractivity contribution in [2.45, 2.75) is 12.8 Å². The summed E-state index contributed by atoms with van der Waals surface area (Å²) in [5, 5.41) is 1.15. The van der Waals surface area contributed by atoms with Gasteiger partial charge in [-0.3, -0.25) is 0 Å². The number of nitrogens with zero attached hydrogens (tertiary/aromatic N) is 1. The molecule has 2 nitrogen and oxygen atoms in total. The molecule has 0 saturated carbocycles. The molecule has 3 aliphatic rings. The first-order valence-electron chi connectivity index (χ1n) is 6.55. The van der Waals surface area contributed by atoms with Gasteiger partial charge in [-0.1, -0.05) is 15.9 Å². The van der Waals surface area contributed by atoms with Gasteiger partial charge in [0.1, 0.15) is 11.3 Å². The predicted molar refractivity (Wildman–Crippen MR) is 83.9 cm³/mol. The van der Waals surface area contributed by atoms with E-state index in [0.29, 0.717) is 5.92 Å². The summed E-state index contributed by atoms with van der Waals surface area (Å²) >= 11 is 7.10. The standard InChI is InChI=1S/C15H13Br2NO/c16-11-5-10-6-14(19-15(10)13(17)7-11)12-8-18-3-1-9(12)2-4-18/h5-9H,1-4H2. The molecule has 0 spiro atoms. The summed E-state index contributed by atoms with van der Waals surface area (Å²) in [4.78, 5) is 2.41. The van der Waals surface area contributed by atoms with Crippen molar-refractivity contribution in [3.8, 4) is 0 Å². The predicted octanol–water partition coefficient (Wildman–Crippen LogP) is 5.02. The maximum absolute atomic E-state index is 6.08. The van der Waals surface area contributed by atoms with Crippen LogP contribution in [-0.2, 0) is 0 Å². The van der Waals surface area contributed by atoms with E-state index in [2.05, 4.69) is 55.1 Å². The van der Waals surface area contributed by atoms with Gasteiger partial charge in [0, 0.05) is 34.7 Å². The molecule has 0 atom stereocenters. The third kappa shape index (κ3) is 1.96. The van der Waals surface area contributed by atoms with Crippen LogP contribution in [0.3, 0.4) is 0 Å². The highest BCUT2D eigenvalue weighted by atomic mass is 79.9. The second-order valence-corrected chi connectivity index (χ2v) is 7.08. The van der Waals surface area contributed by atoms with Crippen LogP contribution in [-0.4, -0.2) is 18.0 Å². The molecular weight excluding hydrogens is 370 g/mol. The van der Waals surface area contributed by atoms with Gasteiger partial charge in [0.15, 0.2) is 0 Å². The van der Waals surface area contributed by atoms with Crippen LogP contribution in [0, 0.1) is 5.92 Å². The second-order valence-electron chi connectivity index (χ2n) is 5.31. The van der Waals surface area contributed by atoms with Crippen molar-refractivity contribution >= 4 is 48.4 Å². The van der Waals surface area contributed by atoms with Crippen molar-refractivity contribution in [1.29, 1.82) is 0 Å². The lowest BCUT2D eigenvalue weighted by molar-refractivity contribution is 0.250. The summed E-state index contributed by atoms with van der Waals surface area (Å²) in [6.07, 6.45) is 4.81. The summed E-state index contributed by atoms with van der Waals surface area (Å²) in [5.41, 5.74) is 2.31. The summed E-state index contributed by atoms with van der Waals surface area (Å²) in [6, 6.07) is 6.30. The lowest BCUT2D eigenvalue weighted by Crippen LogP contribution is -2.35. The SMILES string of the molecule is Brc1cc(Br)c2oc(C3=CN4CCC3CC4)cc2c1. The maximum atomic E-state index is 6.08. The lowest BCUT2D eigenvalue weighted by Gasteiger charge is -2.38. The van der Waals surface area contributed by atoms with Crippen LogP contribution < -0.4 is 0 Å². The molecule has 4 heteroatoms. The number of halogens is 2. The molecule has 0 amide bonds. The number of hydrogen-bond acceptors (Lipinski definition) is 2. The first-order valence-corrected chi connectivity index (χ1v) is 8.14. The van der Waals surface area contributed by atoms with E-state index < -0.39 is 0 Å². The molecule has 2 aromatic rings. The first kappa shape index (κ1) is 12.0. The van der Waals surface area contributed by atoms with Crippen LogP contribution in [0.4, 0.5) is 0 Å². The summed E-state index contributed by atoms with van der Waals surface area (Å²) < 4.78 is 8.16. The highest BCUT2D eigenvalue weighted by Crippen LogP contribution is 2.40. The molecule has 1 saturated heterocycles. The number of piperidine rings is 1. The van der Waals surface area contributed by atoms with Gasteiger partial charge in [0.25, 0.3) is 0 Å². The van der Waals surface area contributed by atoms with E-state index in [1.807, 2.05) is 6.07 Å². The van der Waals surface area contributed by atoms with E-state index in [1.54, 1.807) is 0 Å². The Morgan fingerprint density at radius 3 is 2.58 bits per heavy atom. The Morgan fingerprint density at radius 1 is 1.11 bits per heavy atom. The normalized spacial score (nSPS) is 19.3. The fourth-order valence-electron chi connectivity index (χ4n) is 3.12. The van der Waals surface area contributed by atoms with Crippen LogP contribution in [0.5, 0.6) is 0 Å². The van der Waals surface area contributed by atoms with Gasteiger partial charge in [-0.05, 0) is 52.9 Å². The number of furan rings is 1. The van der Waals surface area contributed by atoms with Crippen molar-refractivity contribution < 1.29 is 4.42 Å². The molecule has 3 aliphatic heterocycles. The van der Waals surface area contributed by atoms with E-state index in [9.17, 15) is 0 Å². The van der Waals surface area contributed by atoms with Crippen molar-refractivity contribution in [2.24, 2.45) is 5.92 Å². The van der Waals surface area contributed by atoms with Crippen LogP contribution in [0.25, 0.3) is 16.5 Å². The van der Waals surface area contributed by atoms with E-state index in [0.717, 1.165) is 25.7 Å². The number of fused-ring (bicyclic) bond motifs is 3. The minimum absolute atomic E-state index is 0.674. The van der Waals surface area contributed by atoms with Gasteiger partial charge in [-0.2, -0.15) is 0 Å². The molecule has 0 radical (unpaired) electrons. The smallest absolute Gasteiger partial charge is 0.149 e. The Kier molecular flexibility index (Phi) is 2.78. The number of rotatable bonds is 1.